The fraction of sp³-hybridized carbons (Fsp3) is 0.320. The minimum atomic E-state index is 0.172. The third-order valence-electron chi connectivity index (χ3n) is 6.29. The van der Waals surface area contributed by atoms with E-state index < -0.39 is 0 Å². The summed E-state index contributed by atoms with van der Waals surface area (Å²) >= 11 is 7.58. The Labute approximate surface area is 202 Å². The number of likely N-dealkylation sites (tertiary alicyclic amines) is 1. The summed E-state index contributed by atoms with van der Waals surface area (Å²) in [6.07, 6.45) is 6.34. The van der Waals surface area contributed by atoms with Crippen molar-refractivity contribution in [3.8, 4) is 17.1 Å². The lowest BCUT2D eigenvalue weighted by molar-refractivity contribution is -0.132. The molecular formula is C25H26ClN5OS. The van der Waals surface area contributed by atoms with Crippen LogP contribution in [0.15, 0.2) is 59.9 Å². The zero-order chi connectivity index (χ0) is 22.8. The molecule has 0 radical (unpaired) electrons. The standard InChI is InChI=1S/C25H26ClN5OS/c1-2-18-7-5-6-14-30(18)23(32)16-33-25-29-28-24(31(25)19-12-10-17(26)11-13-19)21-15-27-22-9-4-3-8-20(21)22/h3-4,8-13,15,18,27H,2,5-7,14,16H2,1H3/t18-/m1/s1. The van der Waals surface area contributed by atoms with Crippen LogP contribution in [-0.2, 0) is 4.79 Å². The Hall–Kier alpha value is -2.77. The molecule has 170 valence electrons. The van der Waals surface area contributed by atoms with Gasteiger partial charge in [-0.05, 0) is 56.0 Å². The molecule has 1 fully saturated rings. The highest BCUT2D eigenvalue weighted by Crippen LogP contribution is 2.33. The van der Waals surface area contributed by atoms with Crippen LogP contribution in [-0.4, -0.2) is 48.9 Å². The van der Waals surface area contributed by atoms with Gasteiger partial charge in [-0.2, -0.15) is 0 Å². The normalized spacial score (nSPS) is 16.4. The second kappa shape index (κ2) is 9.61. The molecule has 1 saturated heterocycles. The SMILES string of the molecule is CC[C@@H]1CCCCN1C(=O)CSc1nnc(-c2c[nH]c3ccccc23)n1-c1ccc(Cl)cc1. The number of hydrogen-bond acceptors (Lipinski definition) is 4. The highest BCUT2D eigenvalue weighted by atomic mass is 35.5. The first-order chi connectivity index (χ1) is 16.2. The summed E-state index contributed by atoms with van der Waals surface area (Å²) in [6, 6.07) is 16.1. The number of H-pyrrole nitrogens is 1. The Morgan fingerprint density at radius 1 is 1.15 bits per heavy atom. The molecule has 1 N–H and O–H groups in total. The molecule has 3 heterocycles. The van der Waals surface area contributed by atoms with Gasteiger partial charge in [-0.1, -0.05) is 48.5 Å². The quantitative estimate of drug-likeness (QED) is 0.347. The van der Waals surface area contributed by atoms with Gasteiger partial charge in [-0.3, -0.25) is 9.36 Å². The second-order valence-electron chi connectivity index (χ2n) is 8.30. The molecule has 6 nitrogen and oxygen atoms in total. The van der Waals surface area contributed by atoms with Crippen molar-refractivity contribution in [2.24, 2.45) is 0 Å². The Morgan fingerprint density at radius 2 is 1.97 bits per heavy atom. The van der Waals surface area contributed by atoms with E-state index in [-0.39, 0.29) is 5.91 Å². The number of para-hydroxylation sites is 1. The van der Waals surface area contributed by atoms with Gasteiger partial charge in [0.2, 0.25) is 5.91 Å². The topological polar surface area (TPSA) is 66.8 Å². The molecule has 0 bridgehead atoms. The van der Waals surface area contributed by atoms with E-state index >= 15 is 0 Å². The molecule has 0 unspecified atom stereocenters. The molecule has 8 heteroatoms. The maximum Gasteiger partial charge on any atom is 0.233 e. The summed E-state index contributed by atoms with van der Waals surface area (Å²) in [6.45, 7) is 3.01. The average molecular weight is 480 g/mol. The molecule has 1 amide bonds. The first-order valence-electron chi connectivity index (χ1n) is 11.4. The number of nitrogens with zero attached hydrogens (tertiary/aromatic N) is 4. The molecule has 1 aliphatic heterocycles. The van der Waals surface area contributed by atoms with Crippen molar-refractivity contribution >= 4 is 40.2 Å². The number of thioether (sulfide) groups is 1. The number of amides is 1. The van der Waals surface area contributed by atoms with Crippen molar-refractivity contribution in [3.63, 3.8) is 0 Å². The smallest absolute Gasteiger partial charge is 0.233 e. The van der Waals surface area contributed by atoms with E-state index in [9.17, 15) is 4.79 Å². The monoisotopic (exact) mass is 479 g/mol. The van der Waals surface area contributed by atoms with Crippen molar-refractivity contribution in [2.45, 2.75) is 43.8 Å². The van der Waals surface area contributed by atoms with Crippen molar-refractivity contribution < 1.29 is 4.79 Å². The highest BCUT2D eigenvalue weighted by Gasteiger charge is 2.26. The summed E-state index contributed by atoms with van der Waals surface area (Å²) in [5.41, 5.74) is 2.91. The lowest BCUT2D eigenvalue weighted by Crippen LogP contribution is -2.44. The van der Waals surface area contributed by atoms with E-state index in [1.54, 1.807) is 0 Å². The molecule has 1 atom stereocenters. The van der Waals surface area contributed by atoms with Gasteiger partial charge in [-0.25, -0.2) is 0 Å². The van der Waals surface area contributed by atoms with Crippen LogP contribution < -0.4 is 0 Å². The summed E-state index contributed by atoms with van der Waals surface area (Å²) in [4.78, 5) is 18.4. The number of carbonyl (C=O) groups is 1. The number of rotatable bonds is 6. The predicted octanol–water partition coefficient (Wildman–Crippen LogP) is 5.95. The third-order valence-corrected chi connectivity index (χ3v) is 7.46. The van der Waals surface area contributed by atoms with Crippen LogP contribution in [0.25, 0.3) is 28.0 Å². The molecule has 2 aromatic carbocycles. The van der Waals surface area contributed by atoms with Gasteiger partial charge in [0.25, 0.3) is 0 Å². The van der Waals surface area contributed by atoms with E-state index in [0.29, 0.717) is 22.0 Å². The van der Waals surface area contributed by atoms with Crippen molar-refractivity contribution in [3.05, 3.63) is 59.8 Å². The number of hydrogen-bond donors (Lipinski definition) is 1. The molecule has 0 saturated carbocycles. The maximum absolute atomic E-state index is 13.1. The Morgan fingerprint density at radius 3 is 2.79 bits per heavy atom. The van der Waals surface area contributed by atoms with Crippen LogP contribution >= 0.6 is 23.4 Å². The molecule has 5 rings (SSSR count). The van der Waals surface area contributed by atoms with Crippen molar-refractivity contribution in [1.82, 2.24) is 24.6 Å². The van der Waals surface area contributed by atoms with Crippen LogP contribution in [0.1, 0.15) is 32.6 Å². The lowest BCUT2D eigenvalue weighted by Gasteiger charge is -2.35. The first-order valence-corrected chi connectivity index (χ1v) is 12.7. The number of nitrogens with one attached hydrogen (secondary N) is 1. The number of piperidine rings is 1. The van der Waals surface area contributed by atoms with Crippen molar-refractivity contribution in [1.29, 1.82) is 0 Å². The van der Waals surface area contributed by atoms with Gasteiger partial charge < -0.3 is 9.88 Å². The number of aromatic nitrogens is 4. The number of carbonyl (C=O) groups excluding carboxylic acids is 1. The van der Waals surface area contributed by atoms with E-state index in [2.05, 4.69) is 33.1 Å². The molecule has 2 aromatic heterocycles. The lowest BCUT2D eigenvalue weighted by atomic mass is 10.0. The zero-order valence-corrected chi connectivity index (χ0v) is 20.1. The molecule has 1 aliphatic rings. The maximum atomic E-state index is 13.1. The molecule has 0 spiro atoms. The zero-order valence-electron chi connectivity index (χ0n) is 18.5. The predicted molar refractivity (Wildman–Crippen MR) is 134 cm³/mol. The Bertz CT molecular complexity index is 1270. The Kier molecular flexibility index (Phi) is 6.42. The van der Waals surface area contributed by atoms with E-state index in [1.165, 1.54) is 18.2 Å². The van der Waals surface area contributed by atoms with E-state index in [0.717, 1.165) is 53.8 Å². The van der Waals surface area contributed by atoms with Crippen LogP contribution in [0.2, 0.25) is 5.02 Å². The van der Waals surface area contributed by atoms with E-state index in [4.69, 9.17) is 11.6 Å². The average Bonchev–Trinajstić information content (AvgIpc) is 3.47. The van der Waals surface area contributed by atoms with Crippen LogP contribution in [0.4, 0.5) is 0 Å². The van der Waals surface area contributed by atoms with Gasteiger partial charge in [0.1, 0.15) is 0 Å². The molecular weight excluding hydrogens is 454 g/mol. The minimum Gasteiger partial charge on any atom is -0.360 e. The number of aromatic amines is 1. The number of halogens is 1. The van der Waals surface area contributed by atoms with Gasteiger partial charge in [0.05, 0.1) is 5.75 Å². The molecule has 0 aliphatic carbocycles. The van der Waals surface area contributed by atoms with E-state index in [1.807, 2.05) is 53.2 Å². The van der Waals surface area contributed by atoms with Crippen LogP contribution in [0.5, 0.6) is 0 Å². The second-order valence-corrected chi connectivity index (χ2v) is 9.68. The fourth-order valence-electron chi connectivity index (χ4n) is 4.58. The molecule has 4 aromatic rings. The summed E-state index contributed by atoms with van der Waals surface area (Å²) in [7, 11) is 0. The van der Waals surface area contributed by atoms with Gasteiger partial charge in [0.15, 0.2) is 11.0 Å². The molecule has 33 heavy (non-hydrogen) atoms. The fourth-order valence-corrected chi connectivity index (χ4v) is 5.54. The highest BCUT2D eigenvalue weighted by molar-refractivity contribution is 7.99. The van der Waals surface area contributed by atoms with Crippen molar-refractivity contribution in [2.75, 3.05) is 12.3 Å². The van der Waals surface area contributed by atoms with Gasteiger partial charge in [-0.15, -0.1) is 10.2 Å². The first kappa shape index (κ1) is 22.0. The third kappa shape index (κ3) is 4.39. The van der Waals surface area contributed by atoms with Crippen LogP contribution in [0.3, 0.4) is 0 Å². The minimum absolute atomic E-state index is 0.172. The number of benzene rings is 2. The van der Waals surface area contributed by atoms with Gasteiger partial charge >= 0.3 is 0 Å². The van der Waals surface area contributed by atoms with Gasteiger partial charge in [0, 0.05) is 46.0 Å². The van der Waals surface area contributed by atoms with Crippen LogP contribution in [0, 0.1) is 0 Å². The Balaban J connectivity index is 1.49. The summed E-state index contributed by atoms with van der Waals surface area (Å²) in [5.74, 6) is 1.25. The largest absolute Gasteiger partial charge is 0.360 e. The summed E-state index contributed by atoms with van der Waals surface area (Å²) < 4.78 is 2.01. The summed E-state index contributed by atoms with van der Waals surface area (Å²) in [5, 5.41) is 11.5. The number of fused-ring (bicyclic) bond motifs is 1.